The van der Waals surface area contributed by atoms with Gasteiger partial charge in [0.15, 0.2) is 0 Å². The summed E-state index contributed by atoms with van der Waals surface area (Å²) in [6.45, 7) is 0. The highest BCUT2D eigenvalue weighted by molar-refractivity contribution is 4.85. The van der Waals surface area contributed by atoms with E-state index in [1.165, 1.54) is 57.8 Å². The predicted molar refractivity (Wildman–Crippen MR) is 59.6 cm³/mol. The molecule has 2 heteroatoms. The van der Waals surface area contributed by atoms with Gasteiger partial charge in [-0.2, -0.15) is 0 Å². The molecule has 0 aromatic carbocycles. The molecule has 0 spiro atoms. The van der Waals surface area contributed by atoms with Crippen molar-refractivity contribution in [1.82, 2.24) is 5.43 Å². The first-order valence-corrected chi connectivity index (χ1v) is 6.38. The molecule has 0 aromatic rings. The van der Waals surface area contributed by atoms with Gasteiger partial charge in [-0.15, -0.1) is 0 Å². The second-order valence-corrected chi connectivity index (χ2v) is 5.12. The van der Waals surface area contributed by atoms with Gasteiger partial charge in [0.2, 0.25) is 0 Å². The van der Waals surface area contributed by atoms with E-state index in [-0.39, 0.29) is 0 Å². The predicted octanol–water partition coefficient (Wildman–Crippen LogP) is 2.59. The van der Waals surface area contributed by atoms with Gasteiger partial charge in [0.1, 0.15) is 0 Å². The van der Waals surface area contributed by atoms with Crippen LogP contribution in [0.3, 0.4) is 0 Å². The van der Waals surface area contributed by atoms with Crippen LogP contribution in [-0.2, 0) is 0 Å². The molecule has 0 bridgehead atoms. The third-order valence-corrected chi connectivity index (χ3v) is 4.29. The number of hydrazine groups is 1. The van der Waals surface area contributed by atoms with Gasteiger partial charge >= 0.3 is 0 Å². The standard InChI is InChI=1S/C12H24N2/c13-14-12-9-5-4-8-11(12)10-6-2-1-3-7-10/h10-12,14H,1-9,13H2/t11-,12+/m1/s1. The molecule has 0 aromatic heterocycles. The van der Waals surface area contributed by atoms with Gasteiger partial charge in [0.05, 0.1) is 0 Å². The van der Waals surface area contributed by atoms with Gasteiger partial charge in [0, 0.05) is 6.04 Å². The van der Waals surface area contributed by atoms with Crippen molar-refractivity contribution in [2.45, 2.75) is 63.8 Å². The summed E-state index contributed by atoms with van der Waals surface area (Å²) >= 11 is 0. The molecular weight excluding hydrogens is 172 g/mol. The summed E-state index contributed by atoms with van der Waals surface area (Å²) in [4.78, 5) is 0. The monoisotopic (exact) mass is 196 g/mol. The Morgan fingerprint density at radius 2 is 1.43 bits per heavy atom. The fourth-order valence-electron chi connectivity index (χ4n) is 3.49. The first-order valence-electron chi connectivity index (χ1n) is 6.38. The highest BCUT2D eigenvalue weighted by Crippen LogP contribution is 2.38. The smallest absolute Gasteiger partial charge is 0.0241 e. The van der Waals surface area contributed by atoms with Crippen molar-refractivity contribution in [1.29, 1.82) is 0 Å². The van der Waals surface area contributed by atoms with E-state index in [0.717, 1.165) is 11.8 Å². The molecule has 0 aliphatic heterocycles. The molecular formula is C12H24N2. The normalized spacial score (nSPS) is 35.8. The molecule has 2 rings (SSSR count). The first kappa shape index (κ1) is 10.4. The van der Waals surface area contributed by atoms with Crippen LogP contribution in [0.25, 0.3) is 0 Å². The summed E-state index contributed by atoms with van der Waals surface area (Å²) in [6.07, 6.45) is 12.8. The average Bonchev–Trinajstić information content (AvgIpc) is 2.30. The molecule has 2 atom stereocenters. The Hall–Kier alpha value is -0.0800. The molecule has 3 N–H and O–H groups in total. The van der Waals surface area contributed by atoms with Gasteiger partial charge < -0.3 is 0 Å². The fourth-order valence-corrected chi connectivity index (χ4v) is 3.49. The summed E-state index contributed by atoms with van der Waals surface area (Å²) in [5.74, 6) is 7.51. The van der Waals surface area contributed by atoms with E-state index in [1.54, 1.807) is 0 Å². The third kappa shape index (κ3) is 2.29. The SMILES string of the molecule is NN[C@H]1CCCC[C@@H]1C1CCCCC1. The summed E-state index contributed by atoms with van der Waals surface area (Å²) < 4.78 is 0. The van der Waals surface area contributed by atoms with Crippen molar-refractivity contribution in [3.8, 4) is 0 Å². The third-order valence-electron chi connectivity index (χ3n) is 4.29. The van der Waals surface area contributed by atoms with Crippen LogP contribution in [-0.4, -0.2) is 6.04 Å². The van der Waals surface area contributed by atoms with Gasteiger partial charge in [-0.3, -0.25) is 11.3 Å². The molecule has 2 aliphatic carbocycles. The van der Waals surface area contributed by atoms with E-state index in [1.807, 2.05) is 0 Å². The van der Waals surface area contributed by atoms with E-state index in [2.05, 4.69) is 5.43 Å². The lowest BCUT2D eigenvalue weighted by atomic mass is 9.71. The van der Waals surface area contributed by atoms with Crippen LogP contribution < -0.4 is 11.3 Å². The Bertz CT molecular complexity index is 164. The molecule has 0 saturated heterocycles. The molecule has 2 saturated carbocycles. The minimum Gasteiger partial charge on any atom is -0.271 e. The second kappa shape index (κ2) is 5.13. The van der Waals surface area contributed by atoms with Crippen LogP contribution in [0.15, 0.2) is 0 Å². The molecule has 2 fully saturated rings. The molecule has 2 nitrogen and oxygen atoms in total. The Morgan fingerprint density at radius 1 is 0.786 bits per heavy atom. The number of nitrogens with one attached hydrogen (secondary N) is 1. The van der Waals surface area contributed by atoms with Crippen LogP contribution in [0, 0.1) is 11.8 Å². The Morgan fingerprint density at radius 3 is 2.14 bits per heavy atom. The highest BCUT2D eigenvalue weighted by Gasteiger charge is 2.31. The van der Waals surface area contributed by atoms with E-state index in [9.17, 15) is 0 Å². The minimum atomic E-state index is 0.617. The zero-order valence-corrected chi connectivity index (χ0v) is 9.17. The maximum atomic E-state index is 5.65. The quantitative estimate of drug-likeness (QED) is 0.526. The highest BCUT2D eigenvalue weighted by atomic mass is 15.2. The zero-order valence-electron chi connectivity index (χ0n) is 9.17. The lowest BCUT2D eigenvalue weighted by Gasteiger charge is -2.38. The Labute approximate surface area is 87.6 Å². The van der Waals surface area contributed by atoms with Crippen LogP contribution in [0.1, 0.15) is 57.8 Å². The molecule has 0 radical (unpaired) electrons. The van der Waals surface area contributed by atoms with Crippen molar-refractivity contribution in [2.75, 3.05) is 0 Å². The summed E-state index contributed by atoms with van der Waals surface area (Å²) in [5.41, 5.74) is 3.05. The van der Waals surface area contributed by atoms with Crippen LogP contribution in [0.2, 0.25) is 0 Å². The van der Waals surface area contributed by atoms with Crippen molar-refractivity contribution in [3.05, 3.63) is 0 Å². The number of hydrogen-bond donors (Lipinski definition) is 2. The lowest BCUT2D eigenvalue weighted by molar-refractivity contribution is 0.151. The van der Waals surface area contributed by atoms with Crippen molar-refractivity contribution >= 4 is 0 Å². The molecule has 2 aliphatic rings. The van der Waals surface area contributed by atoms with E-state index in [0.29, 0.717) is 6.04 Å². The Kier molecular flexibility index (Phi) is 3.82. The molecule has 0 unspecified atom stereocenters. The van der Waals surface area contributed by atoms with Gasteiger partial charge in [-0.1, -0.05) is 44.9 Å². The van der Waals surface area contributed by atoms with Crippen LogP contribution in [0.4, 0.5) is 0 Å². The maximum absolute atomic E-state index is 5.65. The number of nitrogens with two attached hydrogens (primary N) is 1. The summed E-state index contributed by atoms with van der Waals surface area (Å²) in [6, 6.07) is 0.617. The zero-order chi connectivity index (χ0) is 9.80. The summed E-state index contributed by atoms with van der Waals surface area (Å²) in [7, 11) is 0. The minimum absolute atomic E-state index is 0.617. The average molecular weight is 196 g/mol. The summed E-state index contributed by atoms with van der Waals surface area (Å²) in [5, 5.41) is 0. The van der Waals surface area contributed by atoms with Crippen molar-refractivity contribution in [3.63, 3.8) is 0 Å². The lowest BCUT2D eigenvalue weighted by Crippen LogP contribution is -2.45. The molecule has 0 heterocycles. The topological polar surface area (TPSA) is 38.0 Å². The fraction of sp³-hybridized carbons (Fsp3) is 1.00. The molecule has 0 amide bonds. The molecule has 82 valence electrons. The van der Waals surface area contributed by atoms with E-state index in [4.69, 9.17) is 5.84 Å². The van der Waals surface area contributed by atoms with E-state index >= 15 is 0 Å². The van der Waals surface area contributed by atoms with Crippen LogP contribution >= 0.6 is 0 Å². The largest absolute Gasteiger partial charge is 0.271 e. The first-order chi connectivity index (χ1) is 6.92. The Balaban J connectivity index is 1.91. The number of hydrogen-bond acceptors (Lipinski definition) is 2. The van der Waals surface area contributed by atoms with E-state index < -0.39 is 0 Å². The number of rotatable bonds is 2. The molecule has 14 heavy (non-hydrogen) atoms. The van der Waals surface area contributed by atoms with Crippen molar-refractivity contribution in [2.24, 2.45) is 17.7 Å². The van der Waals surface area contributed by atoms with Gasteiger partial charge in [-0.05, 0) is 24.7 Å². The van der Waals surface area contributed by atoms with Crippen molar-refractivity contribution < 1.29 is 0 Å². The van der Waals surface area contributed by atoms with Gasteiger partial charge in [-0.25, -0.2) is 0 Å². The van der Waals surface area contributed by atoms with Crippen LogP contribution in [0.5, 0.6) is 0 Å². The maximum Gasteiger partial charge on any atom is 0.0241 e. The van der Waals surface area contributed by atoms with Gasteiger partial charge in [0.25, 0.3) is 0 Å². The second-order valence-electron chi connectivity index (χ2n) is 5.12.